The number of carboxylic acids is 1. The number of halogens is 1. The van der Waals surface area contributed by atoms with E-state index in [1.165, 1.54) is 6.07 Å². The molecule has 2 N–H and O–H groups in total. The van der Waals surface area contributed by atoms with Crippen molar-refractivity contribution in [2.45, 2.75) is 6.92 Å². The Balaban J connectivity index is 1.90. The van der Waals surface area contributed by atoms with Gasteiger partial charge >= 0.3 is 5.97 Å². The van der Waals surface area contributed by atoms with Gasteiger partial charge in [0.05, 0.1) is 16.8 Å². The van der Waals surface area contributed by atoms with Crippen LogP contribution in [0.1, 0.15) is 26.5 Å². The molecule has 1 aromatic heterocycles. The van der Waals surface area contributed by atoms with Crippen molar-refractivity contribution in [1.29, 1.82) is 0 Å². The highest BCUT2D eigenvalue weighted by atomic mass is 127. The maximum atomic E-state index is 12.6. The fraction of sp³-hybridized carbons (Fsp3) is 0.0526. The number of hydrogen-bond acceptors (Lipinski definition) is 3. The van der Waals surface area contributed by atoms with Crippen LogP contribution >= 0.6 is 22.6 Å². The first-order valence-electron chi connectivity index (χ1n) is 7.46. The van der Waals surface area contributed by atoms with Crippen molar-refractivity contribution in [2.75, 3.05) is 5.32 Å². The summed E-state index contributed by atoms with van der Waals surface area (Å²) in [4.78, 5) is 23.9. The number of rotatable bonds is 4. The van der Waals surface area contributed by atoms with Crippen LogP contribution in [0.3, 0.4) is 0 Å². The Morgan fingerprint density at radius 1 is 1.04 bits per heavy atom. The minimum absolute atomic E-state index is 0.0460. The lowest BCUT2D eigenvalue weighted by atomic mass is 10.1. The fourth-order valence-electron chi connectivity index (χ4n) is 2.44. The Bertz CT molecular complexity index is 947. The van der Waals surface area contributed by atoms with Gasteiger partial charge in [0, 0.05) is 9.13 Å². The molecule has 0 fully saturated rings. The molecule has 0 spiro atoms. The van der Waals surface area contributed by atoms with Crippen molar-refractivity contribution in [1.82, 2.24) is 0 Å². The molecule has 0 aliphatic rings. The normalized spacial score (nSPS) is 10.5. The lowest BCUT2D eigenvalue weighted by molar-refractivity contribution is 0.0698. The van der Waals surface area contributed by atoms with Crippen molar-refractivity contribution < 1.29 is 19.1 Å². The van der Waals surface area contributed by atoms with E-state index in [2.05, 4.69) is 5.32 Å². The third kappa shape index (κ3) is 3.74. The minimum Gasteiger partial charge on any atom is -0.478 e. The molecule has 1 heterocycles. The van der Waals surface area contributed by atoms with E-state index in [0.717, 1.165) is 9.13 Å². The summed E-state index contributed by atoms with van der Waals surface area (Å²) in [6, 6.07) is 15.9. The molecular weight excluding hydrogens is 433 g/mol. The van der Waals surface area contributed by atoms with Gasteiger partial charge in [0.15, 0.2) is 0 Å². The SMILES string of the molecule is Cc1oc(-c2ccccc2)cc1C(=O)Nc1ccc(I)cc1C(=O)O. The van der Waals surface area contributed by atoms with Gasteiger partial charge in [0.2, 0.25) is 0 Å². The van der Waals surface area contributed by atoms with Crippen LogP contribution in [-0.4, -0.2) is 17.0 Å². The maximum Gasteiger partial charge on any atom is 0.337 e. The fourth-order valence-corrected chi connectivity index (χ4v) is 2.94. The number of carbonyl (C=O) groups is 2. The van der Waals surface area contributed by atoms with Crippen LogP contribution in [-0.2, 0) is 0 Å². The van der Waals surface area contributed by atoms with Crippen molar-refractivity contribution in [3.63, 3.8) is 0 Å². The molecule has 0 saturated heterocycles. The van der Waals surface area contributed by atoms with Gasteiger partial charge < -0.3 is 14.8 Å². The number of carbonyl (C=O) groups excluding carboxylic acids is 1. The van der Waals surface area contributed by atoms with E-state index in [1.54, 1.807) is 25.1 Å². The molecule has 6 heteroatoms. The molecule has 3 aromatic rings. The molecule has 0 atom stereocenters. The van der Waals surface area contributed by atoms with Crippen LogP contribution in [0.2, 0.25) is 0 Å². The number of anilines is 1. The van der Waals surface area contributed by atoms with Crippen molar-refractivity contribution >= 4 is 40.2 Å². The minimum atomic E-state index is -1.09. The average molecular weight is 447 g/mol. The van der Waals surface area contributed by atoms with Gasteiger partial charge in [-0.05, 0) is 53.8 Å². The molecule has 126 valence electrons. The Hall–Kier alpha value is -2.61. The topological polar surface area (TPSA) is 79.5 Å². The van der Waals surface area contributed by atoms with Gasteiger partial charge in [-0.25, -0.2) is 4.79 Å². The summed E-state index contributed by atoms with van der Waals surface area (Å²) in [6.45, 7) is 1.70. The lowest BCUT2D eigenvalue weighted by Gasteiger charge is -2.08. The molecule has 3 rings (SSSR count). The van der Waals surface area contributed by atoms with Crippen LogP contribution in [0.5, 0.6) is 0 Å². The Morgan fingerprint density at radius 3 is 2.44 bits per heavy atom. The Kier molecular flexibility index (Phi) is 4.89. The van der Waals surface area contributed by atoms with E-state index in [1.807, 2.05) is 52.9 Å². The molecule has 0 bridgehead atoms. The number of amides is 1. The van der Waals surface area contributed by atoms with Gasteiger partial charge in [0.1, 0.15) is 11.5 Å². The summed E-state index contributed by atoms with van der Waals surface area (Å²) in [5.41, 5.74) is 1.53. The Labute approximate surface area is 157 Å². The molecule has 2 aromatic carbocycles. The highest BCUT2D eigenvalue weighted by molar-refractivity contribution is 14.1. The summed E-state index contributed by atoms with van der Waals surface area (Å²) >= 11 is 2.02. The number of nitrogens with one attached hydrogen (secondary N) is 1. The standard InChI is InChI=1S/C19H14INO4/c1-11-14(10-17(25-11)12-5-3-2-4-6-12)18(22)21-16-8-7-13(20)9-15(16)19(23)24/h2-10H,1H3,(H,21,22)(H,23,24). The van der Waals surface area contributed by atoms with Crippen molar-refractivity contribution in [2.24, 2.45) is 0 Å². The maximum absolute atomic E-state index is 12.6. The second-order valence-corrected chi connectivity index (χ2v) is 6.64. The average Bonchev–Trinajstić information content (AvgIpc) is 2.99. The first kappa shape index (κ1) is 17.2. The summed E-state index contributed by atoms with van der Waals surface area (Å²) in [6.07, 6.45) is 0. The van der Waals surface area contributed by atoms with Crippen LogP contribution in [0.4, 0.5) is 5.69 Å². The van der Waals surface area contributed by atoms with Crippen molar-refractivity contribution in [3.05, 3.63) is 75.1 Å². The summed E-state index contributed by atoms with van der Waals surface area (Å²) < 4.78 is 6.45. The molecule has 0 unspecified atom stereocenters. The lowest BCUT2D eigenvalue weighted by Crippen LogP contribution is -2.15. The molecule has 0 radical (unpaired) electrons. The van der Waals surface area contributed by atoms with Gasteiger partial charge in [-0.3, -0.25) is 4.79 Å². The third-order valence-electron chi connectivity index (χ3n) is 3.68. The molecule has 0 aliphatic heterocycles. The van der Waals surface area contributed by atoms with Crippen molar-refractivity contribution in [3.8, 4) is 11.3 Å². The number of hydrogen-bond donors (Lipinski definition) is 2. The van der Waals surface area contributed by atoms with Crippen LogP contribution in [0.25, 0.3) is 11.3 Å². The molecule has 0 aliphatic carbocycles. The first-order valence-corrected chi connectivity index (χ1v) is 8.53. The monoisotopic (exact) mass is 447 g/mol. The van der Waals surface area contributed by atoms with Gasteiger partial charge in [-0.15, -0.1) is 0 Å². The zero-order chi connectivity index (χ0) is 18.0. The number of furan rings is 1. The van der Waals surface area contributed by atoms with Crippen LogP contribution in [0.15, 0.2) is 59.0 Å². The van der Waals surface area contributed by atoms with E-state index >= 15 is 0 Å². The quantitative estimate of drug-likeness (QED) is 0.563. The van der Waals surface area contributed by atoms with Gasteiger partial charge in [0.25, 0.3) is 5.91 Å². The summed E-state index contributed by atoms with van der Waals surface area (Å²) in [5, 5.41) is 12.0. The smallest absolute Gasteiger partial charge is 0.337 e. The van der Waals surface area contributed by atoms with Gasteiger partial charge in [-0.2, -0.15) is 0 Å². The second kappa shape index (κ2) is 7.10. The van der Waals surface area contributed by atoms with Gasteiger partial charge in [-0.1, -0.05) is 30.3 Å². The van der Waals surface area contributed by atoms with E-state index in [4.69, 9.17) is 4.42 Å². The molecule has 1 amide bonds. The summed E-state index contributed by atoms with van der Waals surface area (Å²) in [5.74, 6) is -0.446. The summed E-state index contributed by atoms with van der Waals surface area (Å²) in [7, 11) is 0. The highest BCUT2D eigenvalue weighted by Gasteiger charge is 2.19. The Morgan fingerprint density at radius 2 is 1.76 bits per heavy atom. The highest BCUT2D eigenvalue weighted by Crippen LogP contribution is 2.26. The molecule has 0 saturated carbocycles. The number of aromatic carboxylic acids is 1. The number of benzene rings is 2. The van der Waals surface area contributed by atoms with Crippen LogP contribution in [0, 0.1) is 10.5 Å². The van der Waals surface area contributed by atoms with E-state index in [0.29, 0.717) is 17.1 Å². The zero-order valence-electron chi connectivity index (χ0n) is 13.2. The van der Waals surface area contributed by atoms with E-state index in [-0.39, 0.29) is 11.3 Å². The number of carboxylic acid groups (broad SMARTS) is 1. The predicted molar refractivity (Wildman–Crippen MR) is 103 cm³/mol. The largest absolute Gasteiger partial charge is 0.478 e. The molecule has 25 heavy (non-hydrogen) atoms. The molecule has 5 nitrogen and oxygen atoms in total. The van der Waals surface area contributed by atoms with E-state index in [9.17, 15) is 14.7 Å². The first-order chi connectivity index (χ1) is 12.0. The van der Waals surface area contributed by atoms with Crippen LogP contribution < -0.4 is 5.32 Å². The predicted octanol–water partition coefficient (Wildman–Crippen LogP) is 4.81. The zero-order valence-corrected chi connectivity index (χ0v) is 15.4. The van der Waals surface area contributed by atoms with E-state index < -0.39 is 11.9 Å². The number of aryl methyl sites for hydroxylation is 1. The molecular formula is C19H14INO4. The second-order valence-electron chi connectivity index (χ2n) is 5.40. The third-order valence-corrected chi connectivity index (χ3v) is 4.35.